The molecule has 0 aromatic heterocycles. The van der Waals surface area contributed by atoms with Gasteiger partial charge >= 0.3 is 5.97 Å². The largest absolute Gasteiger partial charge is 0.493 e. The topological polar surface area (TPSA) is 99.8 Å². The van der Waals surface area contributed by atoms with E-state index in [-0.39, 0.29) is 18.1 Å². The number of carbonyl (C=O) groups is 1. The Hall–Kier alpha value is -2.26. The molecule has 0 radical (unpaired) electrons. The Bertz CT molecular complexity index is 703. The van der Waals surface area contributed by atoms with Crippen LogP contribution in [-0.4, -0.2) is 35.5 Å². The van der Waals surface area contributed by atoms with E-state index in [2.05, 4.69) is 6.07 Å². The maximum absolute atomic E-state index is 11.2. The van der Waals surface area contributed by atoms with Crippen LogP contribution in [0.25, 0.3) is 0 Å². The number of ether oxygens (including phenoxy) is 2. The standard InChI is InChI=1S/C20H25NO5/c1-25-17-5-2-14(10-18(17)26-16-4-3-15(22)11-16)20(12-21)8-6-13(7-9-20)19(23)24/h2,5,10,13,15-16,22H,3-4,6-9,11H2,1H3,(H,23,24)/t13-,15-,16+,20+/m0/s1. The van der Waals surface area contributed by atoms with Crippen molar-refractivity contribution in [2.75, 3.05) is 7.11 Å². The summed E-state index contributed by atoms with van der Waals surface area (Å²) in [6.45, 7) is 0. The number of aliphatic hydroxyl groups is 1. The van der Waals surface area contributed by atoms with Crippen LogP contribution < -0.4 is 9.47 Å². The third kappa shape index (κ3) is 3.63. The van der Waals surface area contributed by atoms with E-state index in [1.807, 2.05) is 12.1 Å². The van der Waals surface area contributed by atoms with Crippen LogP contribution in [0.3, 0.4) is 0 Å². The highest BCUT2D eigenvalue weighted by atomic mass is 16.5. The molecule has 0 aliphatic heterocycles. The third-order valence-corrected chi connectivity index (χ3v) is 5.77. The number of carboxylic acid groups (broad SMARTS) is 1. The molecule has 0 unspecified atom stereocenters. The van der Waals surface area contributed by atoms with Gasteiger partial charge in [0.15, 0.2) is 11.5 Å². The fraction of sp³-hybridized carbons (Fsp3) is 0.600. The van der Waals surface area contributed by atoms with Gasteiger partial charge in [-0.15, -0.1) is 0 Å². The molecular formula is C20H25NO5. The molecule has 2 fully saturated rings. The highest BCUT2D eigenvalue weighted by Gasteiger charge is 2.39. The summed E-state index contributed by atoms with van der Waals surface area (Å²) in [5.41, 5.74) is 0.157. The lowest BCUT2D eigenvalue weighted by molar-refractivity contribution is -0.143. The van der Waals surface area contributed by atoms with Crippen LogP contribution in [0.4, 0.5) is 0 Å². The fourth-order valence-electron chi connectivity index (χ4n) is 4.09. The van der Waals surface area contributed by atoms with Crippen LogP contribution in [0.2, 0.25) is 0 Å². The van der Waals surface area contributed by atoms with Crippen molar-refractivity contribution in [3.05, 3.63) is 23.8 Å². The average molecular weight is 359 g/mol. The van der Waals surface area contributed by atoms with Gasteiger partial charge < -0.3 is 19.7 Å². The molecule has 0 bridgehead atoms. The zero-order valence-electron chi connectivity index (χ0n) is 15.0. The summed E-state index contributed by atoms with van der Waals surface area (Å²) < 4.78 is 11.5. The molecule has 2 aliphatic carbocycles. The number of benzene rings is 1. The summed E-state index contributed by atoms with van der Waals surface area (Å²) >= 11 is 0. The van der Waals surface area contributed by atoms with E-state index in [9.17, 15) is 20.3 Å². The van der Waals surface area contributed by atoms with Gasteiger partial charge in [-0.25, -0.2) is 0 Å². The van der Waals surface area contributed by atoms with Crippen molar-refractivity contribution >= 4 is 5.97 Å². The lowest BCUT2D eigenvalue weighted by Crippen LogP contribution is -2.33. The molecule has 1 aromatic rings. The second-order valence-electron chi connectivity index (χ2n) is 7.38. The number of hydrogen-bond acceptors (Lipinski definition) is 5. The van der Waals surface area contributed by atoms with E-state index in [0.29, 0.717) is 43.6 Å². The number of nitrogens with zero attached hydrogens (tertiary/aromatic N) is 1. The Morgan fingerprint density at radius 1 is 1.23 bits per heavy atom. The normalized spacial score (nSPS) is 31.2. The van der Waals surface area contributed by atoms with E-state index in [1.165, 1.54) is 0 Å². The second-order valence-corrected chi connectivity index (χ2v) is 7.38. The Kier molecular flexibility index (Phi) is 5.38. The zero-order valence-corrected chi connectivity index (χ0v) is 15.0. The van der Waals surface area contributed by atoms with Crippen molar-refractivity contribution in [2.45, 2.75) is 62.6 Å². The van der Waals surface area contributed by atoms with Gasteiger partial charge in [0.2, 0.25) is 0 Å². The SMILES string of the molecule is COc1ccc([C@]2(C#N)CC[C@H](C(=O)O)CC2)cc1O[C@@H]1CC[C@H](O)C1. The molecule has 2 N–H and O–H groups in total. The van der Waals surface area contributed by atoms with Crippen molar-refractivity contribution in [3.8, 4) is 17.6 Å². The number of carboxylic acids is 1. The molecule has 2 atom stereocenters. The Balaban J connectivity index is 1.84. The summed E-state index contributed by atoms with van der Waals surface area (Å²) in [7, 11) is 1.57. The Labute approximate surface area is 153 Å². The summed E-state index contributed by atoms with van der Waals surface area (Å²) in [6.07, 6.45) is 3.77. The molecule has 0 spiro atoms. The summed E-state index contributed by atoms with van der Waals surface area (Å²) in [6, 6.07) is 7.96. The molecule has 0 amide bonds. The number of aliphatic hydroxyl groups excluding tert-OH is 1. The molecular weight excluding hydrogens is 334 g/mol. The van der Waals surface area contributed by atoms with Gasteiger partial charge in [-0.3, -0.25) is 4.79 Å². The van der Waals surface area contributed by atoms with Gasteiger partial charge in [0, 0.05) is 6.42 Å². The molecule has 3 rings (SSSR count). The van der Waals surface area contributed by atoms with Crippen molar-refractivity contribution in [3.63, 3.8) is 0 Å². The van der Waals surface area contributed by atoms with Gasteiger partial charge in [-0.2, -0.15) is 5.26 Å². The van der Waals surface area contributed by atoms with Gasteiger partial charge in [0.25, 0.3) is 0 Å². The maximum Gasteiger partial charge on any atom is 0.306 e. The van der Waals surface area contributed by atoms with Crippen LogP contribution in [0, 0.1) is 17.2 Å². The lowest BCUT2D eigenvalue weighted by atomic mass is 9.67. The summed E-state index contributed by atoms with van der Waals surface area (Å²) in [5, 5.41) is 28.8. The lowest BCUT2D eigenvalue weighted by Gasteiger charge is -2.34. The minimum atomic E-state index is -0.782. The summed E-state index contributed by atoms with van der Waals surface area (Å²) in [5.74, 6) is 0.0297. The van der Waals surface area contributed by atoms with Crippen LogP contribution >= 0.6 is 0 Å². The van der Waals surface area contributed by atoms with E-state index in [4.69, 9.17) is 9.47 Å². The minimum absolute atomic E-state index is 0.0602. The first-order valence-corrected chi connectivity index (χ1v) is 9.15. The fourth-order valence-corrected chi connectivity index (χ4v) is 4.09. The van der Waals surface area contributed by atoms with Crippen LogP contribution in [0.15, 0.2) is 18.2 Å². The smallest absolute Gasteiger partial charge is 0.306 e. The first kappa shape index (κ1) is 18.5. The highest BCUT2D eigenvalue weighted by Crippen LogP contribution is 2.44. The summed E-state index contributed by atoms with van der Waals surface area (Å²) in [4.78, 5) is 11.2. The number of hydrogen-bond donors (Lipinski definition) is 2. The predicted molar refractivity (Wildman–Crippen MR) is 94.2 cm³/mol. The molecule has 2 aliphatic rings. The predicted octanol–water partition coefficient (Wildman–Crippen LogP) is 3.02. The van der Waals surface area contributed by atoms with E-state index < -0.39 is 11.4 Å². The molecule has 140 valence electrons. The number of aliphatic carboxylic acids is 1. The molecule has 6 heteroatoms. The van der Waals surface area contributed by atoms with Crippen LogP contribution in [-0.2, 0) is 10.2 Å². The monoisotopic (exact) mass is 359 g/mol. The number of methoxy groups -OCH3 is 1. The zero-order chi connectivity index (χ0) is 18.7. The Morgan fingerprint density at radius 2 is 1.96 bits per heavy atom. The van der Waals surface area contributed by atoms with Crippen molar-refractivity contribution in [2.24, 2.45) is 5.92 Å². The Morgan fingerprint density at radius 3 is 2.50 bits per heavy atom. The molecule has 2 saturated carbocycles. The third-order valence-electron chi connectivity index (χ3n) is 5.77. The molecule has 6 nitrogen and oxygen atoms in total. The minimum Gasteiger partial charge on any atom is -0.493 e. The van der Waals surface area contributed by atoms with Gasteiger partial charge in [0.1, 0.15) is 6.10 Å². The van der Waals surface area contributed by atoms with Gasteiger partial charge in [-0.05, 0) is 56.2 Å². The molecule has 0 heterocycles. The van der Waals surface area contributed by atoms with E-state index in [0.717, 1.165) is 18.4 Å². The van der Waals surface area contributed by atoms with Crippen molar-refractivity contribution < 1.29 is 24.5 Å². The van der Waals surface area contributed by atoms with Crippen LogP contribution in [0.1, 0.15) is 50.5 Å². The van der Waals surface area contributed by atoms with E-state index >= 15 is 0 Å². The number of rotatable bonds is 5. The molecule has 0 saturated heterocycles. The average Bonchev–Trinajstić information content (AvgIpc) is 3.06. The van der Waals surface area contributed by atoms with E-state index in [1.54, 1.807) is 13.2 Å². The molecule has 26 heavy (non-hydrogen) atoms. The molecule has 1 aromatic carbocycles. The van der Waals surface area contributed by atoms with Gasteiger partial charge in [0.05, 0.1) is 30.6 Å². The number of nitriles is 1. The highest BCUT2D eigenvalue weighted by molar-refractivity contribution is 5.70. The van der Waals surface area contributed by atoms with Crippen molar-refractivity contribution in [1.82, 2.24) is 0 Å². The van der Waals surface area contributed by atoms with Crippen LogP contribution in [0.5, 0.6) is 11.5 Å². The quantitative estimate of drug-likeness (QED) is 0.838. The second kappa shape index (κ2) is 7.55. The van der Waals surface area contributed by atoms with Crippen molar-refractivity contribution in [1.29, 1.82) is 5.26 Å². The van der Waals surface area contributed by atoms with Gasteiger partial charge in [-0.1, -0.05) is 6.07 Å². The first-order valence-electron chi connectivity index (χ1n) is 9.15. The maximum atomic E-state index is 11.2. The first-order chi connectivity index (χ1) is 12.5.